The number of amidine groups is 1. The Kier molecular flexibility index (Phi) is 4.62. The van der Waals surface area contributed by atoms with Gasteiger partial charge in [-0.1, -0.05) is 23.4 Å². The van der Waals surface area contributed by atoms with Crippen LogP contribution < -0.4 is 10.5 Å². The lowest BCUT2D eigenvalue weighted by atomic mass is 10.3. The Labute approximate surface area is 92.1 Å². The summed E-state index contributed by atoms with van der Waals surface area (Å²) in [5.41, 5.74) is 5.17. The molecule has 0 aromatic heterocycles. The van der Waals surface area contributed by atoms with Crippen LogP contribution in [-0.4, -0.2) is 17.5 Å². The first-order chi connectivity index (χ1) is 6.68. The summed E-state index contributed by atoms with van der Waals surface area (Å²) in [5, 5.41) is 7.78. The van der Waals surface area contributed by atoms with Gasteiger partial charge >= 0.3 is 0 Å². The average molecular weight is 231 g/mol. The van der Waals surface area contributed by atoms with Crippen molar-refractivity contribution in [1.82, 2.24) is 0 Å². The maximum absolute atomic E-state index is 6.97. The molecule has 0 unspecified atom stereocenters. The fourth-order valence-electron chi connectivity index (χ4n) is 0.842. The zero-order valence-electron chi connectivity index (χ0n) is 7.50. The Morgan fingerprint density at radius 1 is 1.43 bits per heavy atom. The molecular weight excluding hydrogens is 220 g/mol. The third kappa shape index (κ3) is 4.39. The minimum Gasteiger partial charge on any atom is -0.493 e. The van der Waals surface area contributed by atoms with Gasteiger partial charge in [-0.3, -0.25) is 5.41 Å². The molecular formula is C9H11ClN2OS. The summed E-state index contributed by atoms with van der Waals surface area (Å²) >= 11 is 6.97. The topological polar surface area (TPSA) is 59.1 Å². The molecule has 0 spiro atoms. The van der Waals surface area contributed by atoms with E-state index in [9.17, 15) is 0 Å². The van der Waals surface area contributed by atoms with Crippen molar-refractivity contribution in [3.63, 3.8) is 0 Å². The third-order valence-corrected chi connectivity index (χ3v) is 2.36. The summed E-state index contributed by atoms with van der Waals surface area (Å²) < 4.78 is 5.38. The summed E-state index contributed by atoms with van der Waals surface area (Å²) in [4.78, 5) is 0. The highest BCUT2D eigenvalue weighted by molar-refractivity contribution is 8.13. The van der Waals surface area contributed by atoms with Crippen LogP contribution in [-0.2, 0) is 0 Å². The van der Waals surface area contributed by atoms with E-state index in [1.54, 1.807) is 24.3 Å². The molecule has 0 aliphatic rings. The van der Waals surface area contributed by atoms with Crippen LogP contribution in [0.25, 0.3) is 0 Å². The number of benzene rings is 1. The van der Waals surface area contributed by atoms with Crippen molar-refractivity contribution in [1.29, 1.82) is 5.41 Å². The molecule has 1 aromatic carbocycles. The van der Waals surface area contributed by atoms with E-state index in [0.29, 0.717) is 17.4 Å². The Morgan fingerprint density at radius 2 is 2.07 bits per heavy atom. The molecule has 0 aliphatic carbocycles. The fraction of sp³-hybridized carbons (Fsp3) is 0.222. The molecule has 0 bridgehead atoms. The minimum absolute atomic E-state index is 0.115. The summed E-state index contributed by atoms with van der Waals surface area (Å²) in [7, 11) is 0. The number of hydrogen-bond donors (Lipinski definition) is 2. The minimum atomic E-state index is 0.115. The number of nitrogens with two attached hydrogens (primary N) is 1. The van der Waals surface area contributed by atoms with Gasteiger partial charge < -0.3 is 10.5 Å². The number of thioether (sulfide) groups is 1. The van der Waals surface area contributed by atoms with Crippen LogP contribution in [0, 0.1) is 5.41 Å². The van der Waals surface area contributed by atoms with Gasteiger partial charge in [0.05, 0.1) is 6.61 Å². The van der Waals surface area contributed by atoms with Gasteiger partial charge in [-0.25, -0.2) is 0 Å². The first-order valence-electron chi connectivity index (χ1n) is 4.03. The van der Waals surface area contributed by atoms with E-state index in [1.807, 2.05) is 0 Å². The first kappa shape index (κ1) is 11.2. The zero-order valence-corrected chi connectivity index (χ0v) is 9.07. The third-order valence-electron chi connectivity index (χ3n) is 1.42. The quantitative estimate of drug-likeness (QED) is 0.474. The second-order valence-electron chi connectivity index (χ2n) is 2.52. The number of halogens is 1. The van der Waals surface area contributed by atoms with Crippen molar-refractivity contribution < 1.29 is 4.74 Å². The molecule has 0 saturated heterocycles. The molecule has 0 amide bonds. The molecule has 1 aromatic rings. The predicted molar refractivity (Wildman–Crippen MR) is 61.3 cm³/mol. The molecule has 0 fully saturated rings. The number of hydrogen-bond acceptors (Lipinski definition) is 3. The van der Waals surface area contributed by atoms with Gasteiger partial charge in [0, 0.05) is 10.8 Å². The highest BCUT2D eigenvalue weighted by Gasteiger charge is 1.94. The van der Waals surface area contributed by atoms with Crippen molar-refractivity contribution in [2.24, 2.45) is 5.73 Å². The van der Waals surface area contributed by atoms with Gasteiger partial charge in [0.15, 0.2) is 5.17 Å². The van der Waals surface area contributed by atoms with Crippen LogP contribution in [0.3, 0.4) is 0 Å². The molecule has 3 nitrogen and oxygen atoms in total. The van der Waals surface area contributed by atoms with Crippen LogP contribution >= 0.6 is 23.4 Å². The average Bonchev–Trinajstić information content (AvgIpc) is 2.15. The Bertz CT molecular complexity index is 302. The molecule has 3 N–H and O–H groups in total. The van der Waals surface area contributed by atoms with Crippen molar-refractivity contribution in [2.45, 2.75) is 0 Å². The van der Waals surface area contributed by atoms with Gasteiger partial charge in [0.2, 0.25) is 0 Å². The van der Waals surface area contributed by atoms with Crippen LogP contribution in [0.1, 0.15) is 0 Å². The van der Waals surface area contributed by atoms with E-state index in [-0.39, 0.29) is 5.17 Å². The highest BCUT2D eigenvalue weighted by Crippen LogP contribution is 2.15. The summed E-state index contributed by atoms with van der Waals surface area (Å²) in [6.07, 6.45) is 0. The zero-order chi connectivity index (χ0) is 10.4. The van der Waals surface area contributed by atoms with Gasteiger partial charge in [-0.05, 0) is 24.3 Å². The van der Waals surface area contributed by atoms with E-state index in [1.165, 1.54) is 11.8 Å². The second-order valence-corrected chi connectivity index (χ2v) is 4.09. The maximum atomic E-state index is 6.97. The van der Waals surface area contributed by atoms with Gasteiger partial charge in [0.1, 0.15) is 5.75 Å². The fourth-order valence-corrected chi connectivity index (χ4v) is 1.35. The van der Waals surface area contributed by atoms with Crippen molar-refractivity contribution >= 4 is 28.5 Å². The highest BCUT2D eigenvalue weighted by atomic mass is 35.5. The van der Waals surface area contributed by atoms with Gasteiger partial charge in [-0.2, -0.15) is 0 Å². The largest absolute Gasteiger partial charge is 0.493 e. The second kappa shape index (κ2) is 5.78. The van der Waals surface area contributed by atoms with E-state index >= 15 is 0 Å². The molecule has 0 aliphatic heterocycles. The van der Waals surface area contributed by atoms with Crippen LogP contribution in [0.15, 0.2) is 24.3 Å². The van der Waals surface area contributed by atoms with E-state index in [2.05, 4.69) is 0 Å². The van der Waals surface area contributed by atoms with Gasteiger partial charge in [-0.15, -0.1) is 0 Å². The van der Waals surface area contributed by atoms with Crippen molar-refractivity contribution in [3.05, 3.63) is 29.3 Å². The molecule has 1 rings (SSSR count). The van der Waals surface area contributed by atoms with E-state index in [0.717, 1.165) is 5.75 Å². The monoisotopic (exact) mass is 230 g/mol. The molecule has 0 heterocycles. The summed E-state index contributed by atoms with van der Waals surface area (Å²) in [6.45, 7) is 0.534. The molecule has 0 radical (unpaired) electrons. The lowest BCUT2D eigenvalue weighted by Crippen LogP contribution is -2.08. The molecule has 0 saturated carbocycles. The molecule has 14 heavy (non-hydrogen) atoms. The Morgan fingerprint density at radius 3 is 2.64 bits per heavy atom. The maximum Gasteiger partial charge on any atom is 0.151 e. The molecule has 76 valence electrons. The van der Waals surface area contributed by atoms with E-state index < -0.39 is 0 Å². The number of ether oxygens (including phenoxy) is 1. The molecule has 5 heteroatoms. The van der Waals surface area contributed by atoms with Crippen LogP contribution in [0.5, 0.6) is 5.75 Å². The number of rotatable bonds is 4. The van der Waals surface area contributed by atoms with Crippen molar-refractivity contribution in [2.75, 3.05) is 12.4 Å². The Hall–Kier alpha value is -0.870. The van der Waals surface area contributed by atoms with E-state index in [4.69, 9.17) is 27.5 Å². The van der Waals surface area contributed by atoms with Crippen LogP contribution in [0.2, 0.25) is 5.02 Å². The molecule has 0 atom stereocenters. The Balaban J connectivity index is 2.25. The first-order valence-corrected chi connectivity index (χ1v) is 5.40. The lowest BCUT2D eigenvalue weighted by Gasteiger charge is -2.04. The summed E-state index contributed by atoms with van der Waals surface area (Å²) in [5.74, 6) is 1.45. The standard InChI is InChI=1S/C9H11ClN2OS/c10-7-1-3-8(4-2-7)13-5-6-14-9(11)12/h1-4H,5-6H2,(H3,11,12). The predicted octanol–water partition coefficient (Wildman–Crippen LogP) is 2.35. The smallest absolute Gasteiger partial charge is 0.151 e. The lowest BCUT2D eigenvalue weighted by molar-refractivity contribution is 0.344. The van der Waals surface area contributed by atoms with Gasteiger partial charge in [0.25, 0.3) is 0 Å². The van der Waals surface area contributed by atoms with Crippen LogP contribution in [0.4, 0.5) is 0 Å². The summed E-state index contributed by atoms with van der Waals surface area (Å²) in [6, 6.07) is 7.16. The number of nitrogens with one attached hydrogen (secondary N) is 1. The SMILES string of the molecule is N=C(N)SCCOc1ccc(Cl)cc1. The van der Waals surface area contributed by atoms with Crippen molar-refractivity contribution in [3.8, 4) is 5.75 Å². The normalized spacial score (nSPS) is 9.79.